The minimum atomic E-state index is -0.342. The molecule has 0 saturated heterocycles. The molecule has 0 unspecified atom stereocenters. The number of carbonyl (C=O) groups is 2. The smallest absolute Gasteiger partial charge is 0.331 e. The molecule has 5 aliphatic rings. The SMILES string of the molecule is CC[C@H]1CC2=CC(=O)CC[C@@H]2[C@H]2CC[C@@]3(CC)[C@@H](CC[C@@]34C=CC(=O)O4)[C@H]12. The average Bonchev–Trinajstić information content (AvgIpc) is 3.21. The molecule has 0 aromatic heterocycles. The molecule has 3 saturated carbocycles. The molecule has 1 aliphatic heterocycles. The van der Waals surface area contributed by atoms with E-state index >= 15 is 0 Å². The Balaban J connectivity index is 1.54. The second-order valence-corrected chi connectivity index (χ2v) is 9.78. The van der Waals surface area contributed by atoms with Crippen LogP contribution >= 0.6 is 0 Å². The molecule has 0 bridgehead atoms. The Hall–Kier alpha value is -1.38. The van der Waals surface area contributed by atoms with Crippen LogP contribution in [0.1, 0.15) is 71.6 Å². The van der Waals surface area contributed by atoms with E-state index in [1.807, 2.05) is 6.08 Å². The van der Waals surface area contributed by atoms with Gasteiger partial charge in [0.15, 0.2) is 5.78 Å². The highest BCUT2D eigenvalue weighted by Gasteiger charge is 2.67. The fourth-order valence-corrected chi connectivity index (χ4v) is 8.24. The molecule has 0 aromatic carbocycles. The molecule has 3 heteroatoms. The van der Waals surface area contributed by atoms with Gasteiger partial charge in [-0.25, -0.2) is 4.79 Å². The predicted molar refractivity (Wildman–Crippen MR) is 104 cm³/mol. The lowest BCUT2D eigenvalue weighted by molar-refractivity contribution is -0.166. The van der Waals surface area contributed by atoms with Crippen molar-refractivity contribution in [3.8, 4) is 0 Å². The molecule has 7 atom stereocenters. The molecule has 0 radical (unpaired) electrons. The minimum Gasteiger partial charge on any atom is -0.451 e. The van der Waals surface area contributed by atoms with Crippen molar-refractivity contribution >= 4 is 11.8 Å². The van der Waals surface area contributed by atoms with Crippen LogP contribution in [0.3, 0.4) is 0 Å². The van der Waals surface area contributed by atoms with Crippen molar-refractivity contribution in [1.29, 1.82) is 0 Å². The number of fused-ring (bicyclic) bond motifs is 6. The molecule has 1 spiro atoms. The number of rotatable bonds is 2. The fraction of sp³-hybridized carbons (Fsp3) is 0.750. The van der Waals surface area contributed by atoms with Gasteiger partial charge in [-0.1, -0.05) is 25.8 Å². The van der Waals surface area contributed by atoms with Crippen LogP contribution in [0.25, 0.3) is 0 Å². The van der Waals surface area contributed by atoms with Crippen LogP contribution in [0.15, 0.2) is 23.8 Å². The lowest BCUT2D eigenvalue weighted by Gasteiger charge is -2.58. The first kappa shape index (κ1) is 17.7. The molecule has 3 nitrogen and oxygen atoms in total. The first-order chi connectivity index (χ1) is 13.0. The summed E-state index contributed by atoms with van der Waals surface area (Å²) in [6.45, 7) is 4.64. The molecule has 0 N–H and O–H groups in total. The number of hydrogen-bond donors (Lipinski definition) is 0. The van der Waals surface area contributed by atoms with E-state index in [1.165, 1.54) is 31.3 Å². The number of esters is 1. The second-order valence-electron chi connectivity index (χ2n) is 9.78. The third kappa shape index (κ3) is 2.26. The van der Waals surface area contributed by atoms with Crippen LogP contribution in [-0.2, 0) is 14.3 Å². The monoisotopic (exact) mass is 368 g/mol. The van der Waals surface area contributed by atoms with E-state index in [-0.39, 0.29) is 17.0 Å². The van der Waals surface area contributed by atoms with E-state index in [4.69, 9.17) is 4.74 Å². The Labute approximate surface area is 162 Å². The van der Waals surface area contributed by atoms with Gasteiger partial charge in [0.2, 0.25) is 0 Å². The summed E-state index contributed by atoms with van der Waals surface area (Å²) < 4.78 is 6.04. The van der Waals surface area contributed by atoms with Gasteiger partial charge in [-0.05, 0) is 86.7 Å². The Morgan fingerprint density at radius 2 is 2.00 bits per heavy atom. The summed E-state index contributed by atoms with van der Waals surface area (Å²) in [6, 6.07) is 0. The highest BCUT2D eigenvalue weighted by molar-refractivity contribution is 5.91. The van der Waals surface area contributed by atoms with Crippen LogP contribution in [0.5, 0.6) is 0 Å². The first-order valence-electron chi connectivity index (χ1n) is 11.2. The van der Waals surface area contributed by atoms with Gasteiger partial charge < -0.3 is 4.74 Å². The van der Waals surface area contributed by atoms with Crippen molar-refractivity contribution in [2.24, 2.45) is 35.0 Å². The van der Waals surface area contributed by atoms with Crippen molar-refractivity contribution < 1.29 is 14.3 Å². The van der Waals surface area contributed by atoms with Crippen LogP contribution in [0, 0.1) is 35.0 Å². The molecule has 0 aromatic rings. The molecular formula is C24H32O3. The number of ether oxygens (including phenoxy) is 1. The van der Waals surface area contributed by atoms with E-state index in [0.29, 0.717) is 23.5 Å². The fourth-order valence-electron chi connectivity index (χ4n) is 8.24. The maximum Gasteiger partial charge on any atom is 0.331 e. The summed E-state index contributed by atoms with van der Waals surface area (Å²) in [7, 11) is 0. The largest absolute Gasteiger partial charge is 0.451 e. The van der Waals surface area contributed by atoms with E-state index in [0.717, 1.165) is 43.9 Å². The molecule has 3 fully saturated rings. The van der Waals surface area contributed by atoms with Gasteiger partial charge in [0, 0.05) is 17.9 Å². The molecule has 0 amide bonds. The zero-order valence-electron chi connectivity index (χ0n) is 16.7. The first-order valence-corrected chi connectivity index (χ1v) is 11.2. The van der Waals surface area contributed by atoms with E-state index in [9.17, 15) is 9.59 Å². The summed E-state index contributed by atoms with van der Waals surface area (Å²) in [5, 5.41) is 0. The van der Waals surface area contributed by atoms with Crippen LogP contribution in [0.2, 0.25) is 0 Å². The van der Waals surface area contributed by atoms with Crippen molar-refractivity contribution in [2.75, 3.05) is 0 Å². The predicted octanol–water partition coefficient (Wildman–Crippen LogP) is 5.01. The summed E-state index contributed by atoms with van der Waals surface area (Å²) in [5.41, 5.74) is 1.24. The standard InChI is InChI=1S/C24H32O3/c1-3-15-13-16-14-17(25)5-6-18(16)19-7-10-23(4-2)20(22(15)19)8-11-24(23)12-9-21(26)27-24/h9,12,14-15,18-20,22H,3-8,10-11,13H2,1-2H3/t15-,18-,19+,20-,22+,23-,24+/m0/s1. The summed E-state index contributed by atoms with van der Waals surface area (Å²) in [6.07, 6.45) is 15.6. The lowest BCUT2D eigenvalue weighted by Crippen LogP contribution is -2.55. The molecule has 4 aliphatic carbocycles. The van der Waals surface area contributed by atoms with Gasteiger partial charge in [0.1, 0.15) is 5.60 Å². The quantitative estimate of drug-likeness (QED) is 0.644. The van der Waals surface area contributed by atoms with Gasteiger partial charge in [-0.3, -0.25) is 4.79 Å². The van der Waals surface area contributed by atoms with Gasteiger partial charge in [0.25, 0.3) is 0 Å². The molecule has 1 heterocycles. The van der Waals surface area contributed by atoms with Gasteiger partial charge in [-0.2, -0.15) is 0 Å². The average molecular weight is 369 g/mol. The van der Waals surface area contributed by atoms with Crippen LogP contribution < -0.4 is 0 Å². The summed E-state index contributed by atoms with van der Waals surface area (Å²) in [4.78, 5) is 24.0. The second kappa shape index (κ2) is 6.06. The number of carbonyl (C=O) groups excluding carboxylic acids is 2. The number of allylic oxidation sites excluding steroid dienone is 1. The molecule has 27 heavy (non-hydrogen) atoms. The zero-order valence-corrected chi connectivity index (χ0v) is 16.7. The highest BCUT2D eigenvalue weighted by atomic mass is 16.6. The Bertz CT molecular complexity index is 734. The van der Waals surface area contributed by atoms with E-state index in [1.54, 1.807) is 6.08 Å². The maximum atomic E-state index is 12.0. The Morgan fingerprint density at radius 3 is 2.70 bits per heavy atom. The molecular weight excluding hydrogens is 336 g/mol. The number of ketones is 1. The van der Waals surface area contributed by atoms with Crippen LogP contribution in [0.4, 0.5) is 0 Å². The normalized spacial score (nSPS) is 48.1. The summed E-state index contributed by atoms with van der Waals surface area (Å²) in [5.74, 6) is 3.61. The maximum absolute atomic E-state index is 12.0. The van der Waals surface area contributed by atoms with Gasteiger partial charge in [-0.15, -0.1) is 0 Å². The topological polar surface area (TPSA) is 43.4 Å². The van der Waals surface area contributed by atoms with Crippen molar-refractivity contribution in [1.82, 2.24) is 0 Å². The van der Waals surface area contributed by atoms with E-state index in [2.05, 4.69) is 19.9 Å². The van der Waals surface area contributed by atoms with Crippen molar-refractivity contribution in [2.45, 2.75) is 77.2 Å². The van der Waals surface area contributed by atoms with E-state index < -0.39 is 0 Å². The zero-order chi connectivity index (χ0) is 18.8. The van der Waals surface area contributed by atoms with Gasteiger partial charge >= 0.3 is 5.97 Å². The molecule has 146 valence electrons. The minimum absolute atomic E-state index is 0.121. The third-order valence-electron chi connectivity index (χ3n) is 9.27. The lowest BCUT2D eigenvalue weighted by atomic mass is 9.47. The van der Waals surface area contributed by atoms with Crippen LogP contribution in [-0.4, -0.2) is 17.4 Å². The summed E-state index contributed by atoms with van der Waals surface area (Å²) >= 11 is 0. The third-order valence-corrected chi connectivity index (χ3v) is 9.27. The highest BCUT2D eigenvalue weighted by Crippen LogP contribution is 2.69. The Kier molecular flexibility index (Phi) is 3.97. The number of hydrogen-bond acceptors (Lipinski definition) is 3. The van der Waals surface area contributed by atoms with Crippen molar-refractivity contribution in [3.63, 3.8) is 0 Å². The van der Waals surface area contributed by atoms with Gasteiger partial charge in [0.05, 0.1) is 0 Å². The van der Waals surface area contributed by atoms with Crippen molar-refractivity contribution in [3.05, 3.63) is 23.8 Å². The Morgan fingerprint density at radius 1 is 1.15 bits per heavy atom. The molecule has 5 rings (SSSR count).